The van der Waals surface area contributed by atoms with Crippen molar-refractivity contribution in [2.75, 3.05) is 13.2 Å². The molecule has 0 heterocycles. The van der Waals surface area contributed by atoms with Gasteiger partial charge in [-0.25, -0.2) is 0 Å². The summed E-state index contributed by atoms with van der Waals surface area (Å²) in [5.74, 6) is 0. The topological polar surface area (TPSA) is 40.5 Å². The minimum absolute atomic E-state index is 0.162. The van der Waals surface area contributed by atoms with Crippen LogP contribution in [0, 0.1) is 0 Å². The Labute approximate surface area is 100 Å². The van der Waals surface area contributed by atoms with Crippen molar-refractivity contribution in [1.29, 1.82) is 0 Å². The molecule has 1 rings (SSSR count). The number of halogens is 1. The maximum absolute atomic E-state index is 8.77. The molecule has 0 aliphatic heterocycles. The van der Waals surface area contributed by atoms with E-state index >= 15 is 0 Å². The quantitative estimate of drug-likeness (QED) is 0.886. The average molecular weight is 275 g/mol. The first kappa shape index (κ1) is 14.6. The van der Waals surface area contributed by atoms with Crippen LogP contribution in [0.2, 0.25) is 0 Å². The van der Waals surface area contributed by atoms with Crippen LogP contribution in [0.5, 0.6) is 0 Å². The van der Waals surface area contributed by atoms with Crippen LogP contribution in [0.3, 0.4) is 0 Å². The van der Waals surface area contributed by atoms with Crippen LogP contribution in [-0.2, 0) is 12.8 Å². The summed E-state index contributed by atoms with van der Waals surface area (Å²) < 4.78 is 1.00. The molecule has 0 radical (unpaired) electrons. The summed E-state index contributed by atoms with van der Waals surface area (Å²) in [5.41, 5.74) is 2.20. The highest BCUT2D eigenvalue weighted by atomic mass is 79.9. The first-order valence-corrected chi connectivity index (χ1v) is 6.05. The van der Waals surface area contributed by atoms with E-state index < -0.39 is 0 Å². The Morgan fingerprint density at radius 3 is 1.67 bits per heavy atom. The van der Waals surface area contributed by atoms with E-state index in [1.54, 1.807) is 0 Å². The van der Waals surface area contributed by atoms with Crippen molar-refractivity contribution in [3.63, 3.8) is 0 Å². The molecule has 0 saturated heterocycles. The Hall–Kier alpha value is -0.380. The van der Waals surface area contributed by atoms with Crippen LogP contribution in [0.1, 0.15) is 25.0 Å². The number of aliphatic hydroxyl groups is 2. The molecule has 0 fully saturated rings. The van der Waals surface area contributed by atoms with Gasteiger partial charge in [-0.1, -0.05) is 35.8 Å². The van der Waals surface area contributed by atoms with Crippen LogP contribution in [-0.4, -0.2) is 23.4 Å². The molecule has 0 amide bonds. The summed E-state index contributed by atoms with van der Waals surface area (Å²) in [5, 5.41) is 17.5. The van der Waals surface area contributed by atoms with Gasteiger partial charge in [0.2, 0.25) is 0 Å². The molecule has 0 aliphatic rings. The third kappa shape index (κ3) is 5.92. The minimum Gasteiger partial charge on any atom is -0.396 e. The van der Waals surface area contributed by atoms with Crippen LogP contribution < -0.4 is 0 Å². The van der Waals surface area contributed by atoms with E-state index in [2.05, 4.69) is 15.9 Å². The van der Waals surface area contributed by atoms with Crippen LogP contribution in [0.4, 0.5) is 0 Å². The summed E-state index contributed by atoms with van der Waals surface area (Å²) in [7, 11) is 0. The van der Waals surface area contributed by atoms with Gasteiger partial charge in [-0.2, -0.15) is 0 Å². The molecular weight excluding hydrogens is 256 g/mol. The number of hydrogen-bond acceptors (Lipinski definition) is 2. The van der Waals surface area contributed by atoms with Crippen molar-refractivity contribution in [2.24, 2.45) is 0 Å². The Morgan fingerprint density at radius 2 is 1.33 bits per heavy atom. The molecule has 2 nitrogen and oxygen atoms in total. The Kier molecular flexibility index (Phi) is 8.67. The van der Waals surface area contributed by atoms with Gasteiger partial charge < -0.3 is 10.2 Å². The highest BCUT2D eigenvalue weighted by molar-refractivity contribution is 9.10. The summed E-state index contributed by atoms with van der Waals surface area (Å²) in [4.78, 5) is 0. The highest BCUT2D eigenvalue weighted by Crippen LogP contribution is 2.16. The predicted octanol–water partition coefficient (Wildman–Crippen LogP) is 2.54. The second kappa shape index (κ2) is 8.89. The number of rotatable bonds is 4. The van der Waals surface area contributed by atoms with E-state index in [1.807, 2.05) is 32.0 Å². The van der Waals surface area contributed by atoms with Crippen molar-refractivity contribution in [3.05, 3.63) is 33.8 Å². The van der Waals surface area contributed by atoms with E-state index in [1.165, 1.54) is 0 Å². The lowest BCUT2D eigenvalue weighted by molar-refractivity contribution is 0.298. The summed E-state index contributed by atoms with van der Waals surface area (Å²) in [6.07, 6.45) is 1.33. The molecule has 0 bridgehead atoms. The zero-order valence-corrected chi connectivity index (χ0v) is 10.9. The molecule has 1 aromatic carbocycles. The number of aliphatic hydroxyl groups excluding tert-OH is 2. The van der Waals surface area contributed by atoms with Gasteiger partial charge in [0.1, 0.15) is 0 Å². The van der Waals surface area contributed by atoms with Gasteiger partial charge >= 0.3 is 0 Å². The lowest BCUT2D eigenvalue weighted by Crippen LogP contribution is -1.95. The molecule has 1 aromatic rings. The van der Waals surface area contributed by atoms with Crippen LogP contribution >= 0.6 is 15.9 Å². The molecule has 0 aliphatic carbocycles. The molecule has 3 heteroatoms. The first-order chi connectivity index (χ1) is 7.26. The van der Waals surface area contributed by atoms with Gasteiger partial charge in [-0.3, -0.25) is 0 Å². The highest BCUT2D eigenvalue weighted by Gasteiger charge is 1.98. The first-order valence-electron chi connectivity index (χ1n) is 5.26. The Morgan fingerprint density at radius 1 is 0.933 bits per heavy atom. The van der Waals surface area contributed by atoms with Gasteiger partial charge in [0.25, 0.3) is 0 Å². The van der Waals surface area contributed by atoms with Crippen molar-refractivity contribution < 1.29 is 10.2 Å². The zero-order valence-electron chi connectivity index (χ0n) is 9.33. The van der Waals surface area contributed by atoms with Gasteiger partial charge in [0.05, 0.1) is 0 Å². The van der Waals surface area contributed by atoms with E-state index in [-0.39, 0.29) is 13.2 Å². The maximum atomic E-state index is 8.77. The molecule has 86 valence electrons. The van der Waals surface area contributed by atoms with Crippen molar-refractivity contribution in [1.82, 2.24) is 0 Å². The van der Waals surface area contributed by atoms with Crippen LogP contribution in [0.15, 0.2) is 22.7 Å². The van der Waals surface area contributed by atoms with E-state index in [9.17, 15) is 0 Å². The number of hydrogen-bond donors (Lipinski definition) is 2. The predicted molar refractivity (Wildman–Crippen MR) is 67.1 cm³/mol. The largest absolute Gasteiger partial charge is 0.396 e. The zero-order chi connectivity index (χ0) is 11.7. The summed E-state index contributed by atoms with van der Waals surface area (Å²) in [6.45, 7) is 4.32. The second-order valence-corrected chi connectivity index (χ2v) is 3.83. The molecule has 0 aromatic heterocycles. The fourth-order valence-corrected chi connectivity index (χ4v) is 1.85. The van der Waals surface area contributed by atoms with E-state index in [4.69, 9.17) is 10.2 Å². The lowest BCUT2D eigenvalue weighted by atomic mass is 10.1. The van der Waals surface area contributed by atoms with Crippen LogP contribution in [0.25, 0.3) is 0 Å². The number of benzene rings is 1. The Bertz CT molecular complexity index is 250. The van der Waals surface area contributed by atoms with Gasteiger partial charge in [0.15, 0.2) is 0 Å². The third-order valence-corrected chi connectivity index (χ3v) is 2.28. The minimum atomic E-state index is 0.162. The molecule has 15 heavy (non-hydrogen) atoms. The molecule has 0 unspecified atom stereocenters. The average Bonchev–Trinajstić information content (AvgIpc) is 2.21. The fourth-order valence-electron chi connectivity index (χ4n) is 1.26. The maximum Gasteiger partial charge on any atom is 0.0471 e. The smallest absolute Gasteiger partial charge is 0.0471 e. The van der Waals surface area contributed by atoms with E-state index in [0.29, 0.717) is 12.8 Å². The van der Waals surface area contributed by atoms with E-state index in [0.717, 1.165) is 15.6 Å². The van der Waals surface area contributed by atoms with Gasteiger partial charge in [0, 0.05) is 17.7 Å². The van der Waals surface area contributed by atoms with Crippen molar-refractivity contribution >= 4 is 15.9 Å². The van der Waals surface area contributed by atoms with Crippen molar-refractivity contribution in [2.45, 2.75) is 26.7 Å². The third-order valence-electron chi connectivity index (χ3n) is 1.82. The summed E-state index contributed by atoms with van der Waals surface area (Å²) in [6, 6.07) is 5.98. The molecule has 0 spiro atoms. The monoisotopic (exact) mass is 274 g/mol. The Balaban J connectivity index is 0.000000921. The lowest BCUT2D eigenvalue weighted by Gasteiger charge is -2.04. The standard InChI is InChI=1S/C10H13BrO2.C2H6/c11-10-6-8(1-3-12)5-9(7-10)2-4-13;1-2/h5-7,12-13H,1-4H2;1-2H3. The SMILES string of the molecule is CC.OCCc1cc(Br)cc(CCO)c1. The van der Waals surface area contributed by atoms with Gasteiger partial charge in [-0.15, -0.1) is 0 Å². The molecule has 0 atom stereocenters. The second-order valence-electron chi connectivity index (χ2n) is 2.91. The summed E-state index contributed by atoms with van der Waals surface area (Å²) >= 11 is 3.39. The normalized spacial score (nSPS) is 9.40. The van der Waals surface area contributed by atoms with Gasteiger partial charge in [-0.05, 0) is 36.1 Å². The molecule has 2 N–H and O–H groups in total. The van der Waals surface area contributed by atoms with Crippen molar-refractivity contribution in [3.8, 4) is 0 Å². The molecular formula is C12H19BrO2. The fraction of sp³-hybridized carbons (Fsp3) is 0.500. The molecule has 0 saturated carbocycles.